The third-order valence-electron chi connectivity index (χ3n) is 3.12. The fourth-order valence-electron chi connectivity index (χ4n) is 1.90. The van der Waals surface area contributed by atoms with E-state index in [1.54, 1.807) is 0 Å². The van der Waals surface area contributed by atoms with Crippen molar-refractivity contribution < 1.29 is 4.79 Å². The zero-order valence-corrected chi connectivity index (χ0v) is 10.0. The van der Waals surface area contributed by atoms with Crippen LogP contribution < -0.4 is 5.32 Å². The van der Waals surface area contributed by atoms with E-state index < -0.39 is 0 Å². The molecule has 0 unspecified atom stereocenters. The fraction of sp³-hybridized carbons (Fsp3) is 0.188. The first-order chi connectivity index (χ1) is 8.83. The molecule has 0 saturated heterocycles. The predicted octanol–water partition coefficient (Wildman–Crippen LogP) is 3.50. The quantitative estimate of drug-likeness (QED) is 0.868. The minimum absolute atomic E-state index is 0.147. The molecule has 0 atom stereocenters. The molecular weight excluding hydrogens is 222 g/mol. The van der Waals surface area contributed by atoms with E-state index in [9.17, 15) is 4.79 Å². The van der Waals surface area contributed by atoms with Gasteiger partial charge < -0.3 is 5.32 Å². The highest BCUT2D eigenvalue weighted by molar-refractivity contribution is 5.94. The van der Waals surface area contributed by atoms with Crippen LogP contribution in [0.2, 0.25) is 0 Å². The van der Waals surface area contributed by atoms with Crippen molar-refractivity contribution in [2.24, 2.45) is 5.92 Å². The van der Waals surface area contributed by atoms with E-state index in [4.69, 9.17) is 0 Å². The Bertz CT molecular complexity index is 541. The zero-order valence-electron chi connectivity index (χ0n) is 10.0. The Morgan fingerprint density at radius 1 is 1.11 bits per heavy atom. The Hall–Kier alpha value is -2.09. The summed E-state index contributed by atoms with van der Waals surface area (Å²) in [7, 11) is 0. The number of anilines is 1. The molecule has 1 fully saturated rings. The third kappa shape index (κ3) is 2.43. The van der Waals surface area contributed by atoms with Crippen LogP contribution in [0.1, 0.15) is 12.8 Å². The lowest BCUT2D eigenvalue weighted by atomic mass is 10.1. The number of hydrogen-bond acceptors (Lipinski definition) is 1. The van der Waals surface area contributed by atoms with E-state index in [-0.39, 0.29) is 11.8 Å². The summed E-state index contributed by atoms with van der Waals surface area (Å²) < 4.78 is 0. The monoisotopic (exact) mass is 236 g/mol. The van der Waals surface area contributed by atoms with Crippen LogP contribution in [-0.4, -0.2) is 5.91 Å². The maximum Gasteiger partial charge on any atom is 0.227 e. The van der Waals surface area contributed by atoms with Gasteiger partial charge in [-0.3, -0.25) is 4.79 Å². The molecule has 2 aromatic rings. The van der Waals surface area contributed by atoms with Gasteiger partial charge in [-0.2, -0.15) is 0 Å². The van der Waals surface area contributed by atoms with Gasteiger partial charge in [0.1, 0.15) is 0 Å². The molecule has 1 aliphatic rings. The first kappa shape index (κ1) is 11.0. The molecule has 1 aliphatic carbocycles. The Kier molecular flexibility index (Phi) is 2.85. The minimum atomic E-state index is 0.147. The van der Waals surface area contributed by atoms with Crippen molar-refractivity contribution in [1.82, 2.24) is 0 Å². The molecule has 3 rings (SSSR count). The van der Waals surface area contributed by atoms with Crippen molar-refractivity contribution in [3.05, 3.63) is 54.6 Å². The maximum absolute atomic E-state index is 11.6. The fourth-order valence-corrected chi connectivity index (χ4v) is 1.90. The van der Waals surface area contributed by atoms with Crippen LogP contribution in [0.5, 0.6) is 0 Å². The van der Waals surface area contributed by atoms with Crippen molar-refractivity contribution in [2.75, 3.05) is 5.32 Å². The van der Waals surface area contributed by atoms with Gasteiger partial charge in [-0.05, 0) is 42.2 Å². The van der Waals surface area contributed by atoms with E-state index in [1.165, 1.54) is 0 Å². The van der Waals surface area contributed by atoms with Crippen molar-refractivity contribution in [2.45, 2.75) is 12.8 Å². The van der Waals surface area contributed by atoms with Gasteiger partial charge in [0.2, 0.25) is 5.91 Å². The number of amides is 1. The molecule has 0 aromatic heterocycles. The summed E-state index contributed by atoms with van der Waals surface area (Å²) in [6.45, 7) is 0. The highest BCUT2D eigenvalue weighted by Gasteiger charge is 2.29. The molecule has 1 saturated carbocycles. The van der Waals surface area contributed by atoms with Crippen molar-refractivity contribution in [3.63, 3.8) is 0 Å². The molecule has 1 amide bonds. The second kappa shape index (κ2) is 4.65. The molecule has 18 heavy (non-hydrogen) atoms. The zero-order chi connectivity index (χ0) is 12.4. The van der Waals surface area contributed by atoms with Gasteiger partial charge in [0.15, 0.2) is 0 Å². The van der Waals surface area contributed by atoms with Gasteiger partial charge in [-0.25, -0.2) is 0 Å². The van der Waals surface area contributed by atoms with Gasteiger partial charge in [-0.1, -0.05) is 36.4 Å². The van der Waals surface area contributed by atoms with Gasteiger partial charge in [0, 0.05) is 11.6 Å². The predicted molar refractivity (Wildman–Crippen MR) is 72.1 cm³/mol. The average Bonchev–Trinajstić information content (AvgIpc) is 3.25. The van der Waals surface area contributed by atoms with Crippen LogP contribution in [0.4, 0.5) is 5.69 Å². The number of nitrogens with one attached hydrogen (secondary N) is 1. The molecule has 1 radical (unpaired) electrons. The first-order valence-corrected chi connectivity index (χ1v) is 6.21. The van der Waals surface area contributed by atoms with E-state index >= 15 is 0 Å². The number of benzene rings is 2. The van der Waals surface area contributed by atoms with Gasteiger partial charge >= 0.3 is 0 Å². The Morgan fingerprint density at radius 3 is 2.50 bits per heavy atom. The van der Waals surface area contributed by atoms with E-state index in [0.29, 0.717) is 0 Å². The van der Waals surface area contributed by atoms with Crippen molar-refractivity contribution in [1.29, 1.82) is 0 Å². The lowest BCUT2D eigenvalue weighted by Crippen LogP contribution is -2.12. The molecule has 1 N–H and O–H groups in total. The molecule has 2 aromatic carbocycles. The van der Waals surface area contributed by atoms with E-state index in [1.807, 2.05) is 48.5 Å². The van der Waals surface area contributed by atoms with Crippen molar-refractivity contribution >= 4 is 11.6 Å². The smallest absolute Gasteiger partial charge is 0.227 e. The maximum atomic E-state index is 11.6. The van der Waals surface area contributed by atoms with Crippen LogP contribution in [0.15, 0.2) is 48.5 Å². The number of carbonyl (C=O) groups excluding carboxylic acids is 1. The molecule has 2 heteroatoms. The molecule has 0 spiro atoms. The molecule has 89 valence electrons. The largest absolute Gasteiger partial charge is 0.326 e. The summed E-state index contributed by atoms with van der Waals surface area (Å²) in [5.74, 6) is 0.390. The summed E-state index contributed by atoms with van der Waals surface area (Å²) in [5, 5.41) is 2.93. The number of carbonyl (C=O) groups is 1. The summed E-state index contributed by atoms with van der Waals surface area (Å²) in [4.78, 5) is 11.6. The molecule has 2 nitrogen and oxygen atoms in total. The lowest BCUT2D eigenvalue weighted by molar-refractivity contribution is -0.117. The van der Waals surface area contributed by atoms with E-state index in [0.717, 1.165) is 29.7 Å². The van der Waals surface area contributed by atoms with Crippen molar-refractivity contribution in [3.8, 4) is 11.1 Å². The van der Waals surface area contributed by atoms with Gasteiger partial charge in [0.05, 0.1) is 0 Å². The topological polar surface area (TPSA) is 29.1 Å². The van der Waals surface area contributed by atoms with E-state index in [2.05, 4.69) is 11.4 Å². The van der Waals surface area contributed by atoms with Crippen LogP contribution >= 0.6 is 0 Å². The summed E-state index contributed by atoms with van der Waals surface area (Å²) in [5.41, 5.74) is 3.05. The SMILES string of the molecule is O=C(Nc1ccc(-c2[c]cccc2)cc1)C1CC1. The van der Waals surface area contributed by atoms with Crippen LogP contribution in [-0.2, 0) is 4.79 Å². The number of hydrogen-bond donors (Lipinski definition) is 1. The second-order valence-electron chi connectivity index (χ2n) is 4.62. The van der Waals surface area contributed by atoms with Crippen LogP contribution in [0, 0.1) is 12.0 Å². The summed E-state index contributed by atoms with van der Waals surface area (Å²) in [6, 6.07) is 19.0. The molecular formula is C16H14NO. The summed E-state index contributed by atoms with van der Waals surface area (Å²) >= 11 is 0. The van der Waals surface area contributed by atoms with Gasteiger partial charge in [-0.15, -0.1) is 0 Å². The van der Waals surface area contributed by atoms with Gasteiger partial charge in [0.25, 0.3) is 0 Å². The van der Waals surface area contributed by atoms with Crippen LogP contribution in [0.3, 0.4) is 0 Å². The summed E-state index contributed by atoms with van der Waals surface area (Å²) in [6.07, 6.45) is 2.06. The average molecular weight is 236 g/mol. The minimum Gasteiger partial charge on any atom is -0.326 e. The Balaban J connectivity index is 1.74. The highest BCUT2D eigenvalue weighted by atomic mass is 16.2. The molecule has 0 heterocycles. The highest BCUT2D eigenvalue weighted by Crippen LogP contribution is 2.30. The second-order valence-corrected chi connectivity index (χ2v) is 4.62. The third-order valence-corrected chi connectivity index (χ3v) is 3.12. The normalized spacial score (nSPS) is 14.2. The Labute approximate surface area is 107 Å². The molecule has 0 aliphatic heterocycles. The standard InChI is InChI=1S/C16H14NO/c18-16(14-6-7-14)17-15-10-8-13(9-11-15)12-4-2-1-3-5-12/h1-4,8-11,14H,6-7H2,(H,17,18). The van der Waals surface area contributed by atoms with Crippen LogP contribution in [0.25, 0.3) is 11.1 Å². The Morgan fingerprint density at radius 2 is 1.89 bits per heavy atom. The number of rotatable bonds is 3. The first-order valence-electron chi connectivity index (χ1n) is 6.21. The molecule has 0 bridgehead atoms. The lowest BCUT2D eigenvalue weighted by Gasteiger charge is -2.05.